The van der Waals surface area contributed by atoms with Crippen LogP contribution in [0.1, 0.15) is 24.9 Å². The van der Waals surface area contributed by atoms with E-state index < -0.39 is 36.3 Å². The van der Waals surface area contributed by atoms with E-state index in [-0.39, 0.29) is 23.4 Å². The molecule has 160 valence electrons. The van der Waals surface area contributed by atoms with Crippen LogP contribution in [0.4, 0.5) is 37.7 Å². The quantitative estimate of drug-likeness (QED) is 0.629. The van der Waals surface area contributed by atoms with Crippen LogP contribution in [-0.4, -0.2) is 30.2 Å². The number of rotatable bonds is 2. The molecule has 30 heavy (non-hydrogen) atoms. The molecule has 0 bridgehead atoms. The zero-order chi connectivity index (χ0) is 22.3. The largest absolute Gasteiger partial charge is 0.471 e. The van der Waals surface area contributed by atoms with Gasteiger partial charge in [0.15, 0.2) is 0 Å². The molecular weight excluding hydrogens is 414 g/mol. The van der Waals surface area contributed by atoms with E-state index in [2.05, 4.69) is 0 Å². The van der Waals surface area contributed by atoms with Crippen molar-refractivity contribution in [1.82, 2.24) is 0 Å². The highest BCUT2D eigenvalue weighted by atomic mass is 19.4. The molecule has 2 aromatic carbocycles. The second-order valence-corrected chi connectivity index (χ2v) is 6.84. The van der Waals surface area contributed by atoms with E-state index >= 15 is 0 Å². The molecule has 0 fully saturated rings. The maximum Gasteiger partial charge on any atom is 0.471 e. The normalized spacial score (nSPS) is 19.2. The van der Waals surface area contributed by atoms with Gasteiger partial charge in [-0.15, -0.1) is 0 Å². The van der Waals surface area contributed by atoms with Gasteiger partial charge in [-0.2, -0.15) is 26.3 Å². The van der Waals surface area contributed by atoms with Gasteiger partial charge in [0.05, 0.1) is 6.04 Å². The molecule has 1 aliphatic rings. The highest BCUT2D eigenvalue weighted by Crippen LogP contribution is 2.44. The van der Waals surface area contributed by atoms with Gasteiger partial charge in [-0.25, -0.2) is 0 Å². The van der Waals surface area contributed by atoms with Gasteiger partial charge in [0, 0.05) is 17.4 Å². The number of hydrogen-bond acceptors (Lipinski definition) is 2. The Morgan fingerprint density at radius 1 is 0.900 bits per heavy atom. The first-order valence-corrected chi connectivity index (χ1v) is 8.87. The Morgan fingerprint density at radius 3 is 2.03 bits per heavy atom. The van der Waals surface area contributed by atoms with E-state index in [4.69, 9.17) is 0 Å². The van der Waals surface area contributed by atoms with Crippen LogP contribution in [0.15, 0.2) is 54.6 Å². The molecule has 1 heterocycles. The number of anilines is 2. The number of amides is 2. The lowest BCUT2D eigenvalue weighted by molar-refractivity contribution is -0.171. The van der Waals surface area contributed by atoms with Crippen molar-refractivity contribution in [3.63, 3.8) is 0 Å². The maximum absolute atomic E-state index is 13.4. The predicted molar refractivity (Wildman–Crippen MR) is 96.8 cm³/mol. The lowest BCUT2D eigenvalue weighted by Crippen LogP contribution is -2.53. The van der Waals surface area contributed by atoms with E-state index in [1.165, 1.54) is 55.5 Å². The SMILES string of the molecule is C[C@H]1C[C@@H](N(C(=O)C(F)(F)F)c2ccccc2)c2ccccc2N1C(=O)C(F)(F)F. The molecule has 2 atom stereocenters. The molecule has 10 heteroatoms. The summed E-state index contributed by atoms with van der Waals surface area (Å²) in [6.07, 6.45) is -10.7. The van der Waals surface area contributed by atoms with Gasteiger partial charge < -0.3 is 4.90 Å². The molecule has 0 radical (unpaired) electrons. The molecule has 0 unspecified atom stereocenters. The van der Waals surface area contributed by atoms with E-state index in [0.29, 0.717) is 9.80 Å². The van der Waals surface area contributed by atoms with Crippen LogP contribution >= 0.6 is 0 Å². The molecule has 4 nitrogen and oxygen atoms in total. The van der Waals surface area contributed by atoms with Crippen molar-refractivity contribution in [1.29, 1.82) is 0 Å². The summed E-state index contributed by atoms with van der Waals surface area (Å²) in [5.41, 5.74) is -0.212. The summed E-state index contributed by atoms with van der Waals surface area (Å²) >= 11 is 0. The third-order valence-electron chi connectivity index (χ3n) is 4.83. The Hall–Kier alpha value is -3.04. The van der Waals surface area contributed by atoms with Gasteiger partial charge in [-0.1, -0.05) is 36.4 Å². The second kappa shape index (κ2) is 7.66. The standard InChI is InChI=1S/C20H16F6N2O2/c1-12-11-16(28(18(30)20(24,25)26)13-7-3-2-4-8-13)14-9-5-6-10-15(14)27(12)17(29)19(21,22)23/h2-10,12,16H,11H2,1H3/t12-,16+/m0/s1. The summed E-state index contributed by atoms with van der Waals surface area (Å²) < 4.78 is 79.4. The van der Waals surface area contributed by atoms with Crippen LogP contribution in [0.25, 0.3) is 0 Å². The topological polar surface area (TPSA) is 40.6 Å². The molecular formula is C20H16F6N2O2. The summed E-state index contributed by atoms with van der Waals surface area (Å²) in [7, 11) is 0. The maximum atomic E-state index is 13.4. The number of para-hydroxylation sites is 2. The third-order valence-corrected chi connectivity index (χ3v) is 4.83. The highest BCUT2D eigenvalue weighted by molar-refractivity contribution is 6.01. The van der Waals surface area contributed by atoms with Crippen molar-refractivity contribution < 1.29 is 35.9 Å². The zero-order valence-corrected chi connectivity index (χ0v) is 15.5. The van der Waals surface area contributed by atoms with Crippen molar-refractivity contribution in [2.75, 3.05) is 9.80 Å². The number of alkyl halides is 6. The third kappa shape index (κ3) is 3.99. The lowest BCUT2D eigenvalue weighted by atomic mass is 9.89. The smallest absolute Gasteiger partial charge is 0.301 e. The van der Waals surface area contributed by atoms with Gasteiger partial charge >= 0.3 is 24.2 Å². The number of hydrogen-bond donors (Lipinski definition) is 0. The average molecular weight is 430 g/mol. The molecule has 2 aromatic rings. The summed E-state index contributed by atoms with van der Waals surface area (Å²) in [5, 5.41) is 0. The van der Waals surface area contributed by atoms with Crippen molar-refractivity contribution in [2.24, 2.45) is 0 Å². The molecule has 0 N–H and O–H groups in total. The van der Waals surface area contributed by atoms with Crippen LogP contribution in [0.5, 0.6) is 0 Å². The van der Waals surface area contributed by atoms with Crippen LogP contribution < -0.4 is 9.80 Å². The molecule has 0 saturated carbocycles. The minimum atomic E-state index is -5.20. The summed E-state index contributed by atoms with van der Waals surface area (Å²) in [4.78, 5) is 25.3. The van der Waals surface area contributed by atoms with Gasteiger partial charge in [0.2, 0.25) is 0 Å². The van der Waals surface area contributed by atoms with Crippen LogP contribution in [0.3, 0.4) is 0 Å². The molecule has 0 saturated heterocycles. The first-order valence-electron chi connectivity index (χ1n) is 8.87. The highest BCUT2D eigenvalue weighted by Gasteiger charge is 2.51. The van der Waals surface area contributed by atoms with Crippen LogP contribution in [-0.2, 0) is 9.59 Å². The van der Waals surface area contributed by atoms with Gasteiger partial charge in [0.1, 0.15) is 0 Å². The zero-order valence-electron chi connectivity index (χ0n) is 15.5. The van der Waals surface area contributed by atoms with Gasteiger partial charge in [0.25, 0.3) is 0 Å². The molecule has 0 spiro atoms. The molecule has 2 amide bonds. The lowest BCUT2D eigenvalue weighted by Gasteiger charge is -2.43. The molecule has 3 rings (SSSR count). The van der Waals surface area contributed by atoms with Crippen molar-refractivity contribution >= 4 is 23.2 Å². The Morgan fingerprint density at radius 2 is 1.47 bits per heavy atom. The fourth-order valence-electron chi connectivity index (χ4n) is 3.64. The number of nitrogens with zero attached hydrogens (tertiary/aromatic N) is 2. The first kappa shape index (κ1) is 21.7. The number of fused-ring (bicyclic) bond motifs is 1. The van der Waals surface area contributed by atoms with Crippen molar-refractivity contribution in [2.45, 2.75) is 37.8 Å². The fraction of sp³-hybridized carbons (Fsp3) is 0.300. The Kier molecular flexibility index (Phi) is 5.53. The minimum Gasteiger partial charge on any atom is -0.301 e. The van der Waals surface area contributed by atoms with E-state index in [1.807, 2.05) is 0 Å². The van der Waals surface area contributed by atoms with Crippen LogP contribution in [0.2, 0.25) is 0 Å². The molecule has 0 aromatic heterocycles. The van der Waals surface area contributed by atoms with Crippen LogP contribution in [0, 0.1) is 0 Å². The minimum absolute atomic E-state index is 0.0228. The van der Waals surface area contributed by atoms with E-state index in [0.717, 1.165) is 0 Å². The molecule has 1 aliphatic heterocycles. The van der Waals surface area contributed by atoms with E-state index in [9.17, 15) is 35.9 Å². The second-order valence-electron chi connectivity index (χ2n) is 6.84. The number of carbonyl (C=O) groups excluding carboxylic acids is 2. The Balaban J connectivity index is 2.16. The molecule has 0 aliphatic carbocycles. The average Bonchev–Trinajstić information content (AvgIpc) is 2.67. The summed E-state index contributed by atoms with van der Waals surface area (Å²) in [6.45, 7) is 1.30. The number of carbonyl (C=O) groups is 2. The predicted octanol–water partition coefficient (Wildman–Crippen LogP) is 5.01. The number of halogens is 6. The summed E-state index contributed by atoms with van der Waals surface area (Å²) in [5.74, 6) is -4.26. The Bertz CT molecular complexity index is 942. The fourth-order valence-corrected chi connectivity index (χ4v) is 3.64. The van der Waals surface area contributed by atoms with E-state index in [1.54, 1.807) is 6.07 Å². The Labute approximate surface area is 167 Å². The van der Waals surface area contributed by atoms with Gasteiger partial charge in [-0.3, -0.25) is 14.5 Å². The summed E-state index contributed by atoms with van der Waals surface area (Å²) in [6, 6.07) is 10.1. The first-order chi connectivity index (χ1) is 13.9. The number of benzene rings is 2. The van der Waals surface area contributed by atoms with Crippen molar-refractivity contribution in [3.8, 4) is 0 Å². The van der Waals surface area contributed by atoms with Gasteiger partial charge in [-0.05, 0) is 37.1 Å². The monoisotopic (exact) mass is 430 g/mol. The van der Waals surface area contributed by atoms with Crippen molar-refractivity contribution in [3.05, 3.63) is 60.2 Å².